The second kappa shape index (κ2) is 6.56. The average Bonchev–Trinajstić information content (AvgIpc) is 2.76. The van der Waals surface area contributed by atoms with Gasteiger partial charge in [-0.2, -0.15) is 0 Å². The Balaban J connectivity index is 1.72. The molecule has 2 N–H and O–H groups in total. The van der Waals surface area contributed by atoms with E-state index in [9.17, 15) is 4.79 Å². The number of amides is 2. The third-order valence-corrected chi connectivity index (χ3v) is 3.29. The Morgan fingerprint density at radius 3 is 2.80 bits per heavy atom. The van der Waals surface area contributed by atoms with E-state index in [1.807, 2.05) is 6.92 Å². The summed E-state index contributed by atoms with van der Waals surface area (Å²) in [6.07, 6.45) is 1.91. The zero-order chi connectivity index (χ0) is 14.5. The molecule has 0 aliphatic carbocycles. The first-order valence-corrected chi connectivity index (χ1v) is 6.90. The third-order valence-electron chi connectivity index (χ3n) is 3.29. The fourth-order valence-corrected chi connectivity index (χ4v) is 2.38. The van der Waals surface area contributed by atoms with E-state index in [1.165, 1.54) is 5.57 Å². The minimum absolute atomic E-state index is 0.212. The summed E-state index contributed by atoms with van der Waals surface area (Å²) in [6.45, 7) is 10.7. The van der Waals surface area contributed by atoms with Gasteiger partial charge in [0.1, 0.15) is 5.76 Å². The Labute approximate surface area is 119 Å². The van der Waals surface area contributed by atoms with Crippen molar-refractivity contribution in [2.45, 2.75) is 32.7 Å². The lowest BCUT2D eigenvalue weighted by molar-refractivity contribution is 0.207. The molecule has 1 fully saturated rings. The Morgan fingerprint density at radius 1 is 1.55 bits per heavy atom. The van der Waals surface area contributed by atoms with Crippen molar-refractivity contribution in [3.05, 3.63) is 24.0 Å². The molecule has 6 nitrogen and oxygen atoms in total. The molecule has 1 saturated heterocycles. The number of likely N-dealkylation sites (tertiary alicyclic amines) is 1. The largest absolute Gasteiger partial charge is 0.360 e. The molecule has 0 saturated carbocycles. The number of hydrogen-bond donors (Lipinski definition) is 2. The number of aromatic nitrogens is 1. The smallest absolute Gasteiger partial charge is 0.320 e. The predicted molar refractivity (Wildman–Crippen MR) is 77.7 cm³/mol. The van der Waals surface area contributed by atoms with Gasteiger partial charge >= 0.3 is 6.03 Å². The van der Waals surface area contributed by atoms with Crippen LogP contribution in [-0.2, 0) is 0 Å². The van der Waals surface area contributed by atoms with Crippen molar-refractivity contribution in [2.24, 2.45) is 0 Å². The first-order valence-electron chi connectivity index (χ1n) is 6.90. The number of urea groups is 1. The maximum absolute atomic E-state index is 11.8. The number of carbonyl (C=O) groups is 1. The van der Waals surface area contributed by atoms with Gasteiger partial charge in [0.25, 0.3) is 0 Å². The first-order chi connectivity index (χ1) is 9.52. The third kappa shape index (κ3) is 4.38. The van der Waals surface area contributed by atoms with Crippen molar-refractivity contribution >= 4 is 11.8 Å². The minimum atomic E-state index is -0.225. The topological polar surface area (TPSA) is 70.4 Å². The van der Waals surface area contributed by atoms with Crippen LogP contribution in [0.4, 0.5) is 10.6 Å². The van der Waals surface area contributed by atoms with Crippen LogP contribution in [0.5, 0.6) is 0 Å². The van der Waals surface area contributed by atoms with Crippen LogP contribution in [0.25, 0.3) is 0 Å². The van der Waals surface area contributed by atoms with Crippen molar-refractivity contribution in [1.82, 2.24) is 15.4 Å². The molecule has 0 bridgehead atoms. The average molecular weight is 278 g/mol. The monoisotopic (exact) mass is 278 g/mol. The zero-order valence-electron chi connectivity index (χ0n) is 12.1. The number of nitrogens with zero attached hydrogens (tertiary/aromatic N) is 2. The fraction of sp³-hybridized carbons (Fsp3) is 0.571. The lowest BCUT2D eigenvalue weighted by Crippen LogP contribution is -2.46. The molecular formula is C14H22N4O2. The Kier molecular flexibility index (Phi) is 4.79. The predicted octanol–water partition coefficient (Wildman–Crippen LogP) is 2.15. The normalized spacial score (nSPS) is 16.9. The summed E-state index contributed by atoms with van der Waals surface area (Å²) in [4.78, 5) is 14.2. The number of hydrogen-bond acceptors (Lipinski definition) is 4. The highest BCUT2D eigenvalue weighted by atomic mass is 16.5. The molecule has 1 aromatic rings. The SMILES string of the molecule is C=C(C)CN1CCC(NC(=O)Nc2cc(C)on2)CC1. The molecule has 20 heavy (non-hydrogen) atoms. The van der Waals surface area contributed by atoms with E-state index in [1.54, 1.807) is 13.0 Å². The molecule has 0 radical (unpaired) electrons. The van der Waals surface area contributed by atoms with E-state index < -0.39 is 0 Å². The van der Waals surface area contributed by atoms with Crippen molar-refractivity contribution in [2.75, 3.05) is 25.0 Å². The molecule has 1 aromatic heterocycles. The second-order valence-corrected chi connectivity index (χ2v) is 5.43. The lowest BCUT2D eigenvalue weighted by atomic mass is 10.0. The van der Waals surface area contributed by atoms with Crippen LogP contribution in [0, 0.1) is 6.92 Å². The fourth-order valence-electron chi connectivity index (χ4n) is 2.38. The summed E-state index contributed by atoms with van der Waals surface area (Å²) in [6, 6.07) is 1.68. The molecule has 2 rings (SSSR count). The van der Waals surface area contributed by atoms with Crippen molar-refractivity contribution in [3.63, 3.8) is 0 Å². The van der Waals surface area contributed by atoms with E-state index in [4.69, 9.17) is 4.52 Å². The molecule has 0 unspecified atom stereocenters. The van der Waals surface area contributed by atoms with Gasteiger partial charge in [-0.25, -0.2) is 4.79 Å². The molecule has 0 atom stereocenters. The summed E-state index contributed by atoms with van der Waals surface area (Å²) in [5.74, 6) is 1.12. The van der Waals surface area contributed by atoms with Gasteiger partial charge in [0.15, 0.2) is 5.82 Å². The van der Waals surface area contributed by atoms with Crippen LogP contribution < -0.4 is 10.6 Å². The summed E-state index contributed by atoms with van der Waals surface area (Å²) in [5.41, 5.74) is 1.18. The van der Waals surface area contributed by atoms with Crippen molar-refractivity contribution < 1.29 is 9.32 Å². The quantitative estimate of drug-likeness (QED) is 0.828. The lowest BCUT2D eigenvalue weighted by Gasteiger charge is -2.32. The number of aryl methyl sites for hydroxylation is 1. The summed E-state index contributed by atoms with van der Waals surface area (Å²) in [7, 11) is 0. The van der Waals surface area contributed by atoms with Gasteiger partial charge in [0.05, 0.1) is 0 Å². The van der Waals surface area contributed by atoms with Gasteiger partial charge < -0.3 is 9.84 Å². The number of nitrogens with one attached hydrogen (secondary N) is 2. The van der Waals surface area contributed by atoms with Gasteiger partial charge in [0, 0.05) is 31.7 Å². The minimum Gasteiger partial charge on any atom is -0.360 e. The maximum Gasteiger partial charge on any atom is 0.320 e. The molecular weight excluding hydrogens is 256 g/mol. The van der Waals surface area contributed by atoms with E-state index >= 15 is 0 Å². The van der Waals surface area contributed by atoms with E-state index in [-0.39, 0.29) is 12.1 Å². The highest BCUT2D eigenvalue weighted by Crippen LogP contribution is 2.12. The molecule has 0 aromatic carbocycles. The van der Waals surface area contributed by atoms with Crippen LogP contribution in [-0.4, -0.2) is 41.8 Å². The van der Waals surface area contributed by atoms with Crippen LogP contribution in [0.3, 0.4) is 0 Å². The van der Waals surface area contributed by atoms with Gasteiger partial charge in [-0.1, -0.05) is 17.3 Å². The maximum atomic E-state index is 11.8. The van der Waals surface area contributed by atoms with Crippen LogP contribution in [0.15, 0.2) is 22.7 Å². The number of carbonyl (C=O) groups excluding carboxylic acids is 1. The van der Waals surface area contributed by atoms with Crippen LogP contribution in [0.2, 0.25) is 0 Å². The Hall–Kier alpha value is -1.82. The van der Waals surface area contributed by atoms with Crippen molar-refractivity contribution in [1.29, 1.82) is 0 Å². The molecule has 1 aliphatic heterocycles. The van der Waals surface area contributed by atoms with Crippen molar-refractivity contribution in [3.8, 4) is 0 Å². The molecule has 1 aliphatic rings. The zero-order valence-corrected chi connectivity index (χ0v) is 12.1. The van der Waals surface area contributed by atoms with Crippen LogP contribution >= 0.6 is 0 Å². The Bertz CT molecular complexity index is 475. The molecule has 2 amide bonds. The van der Waals surface area contributed by atoms with Gasteiger partial charge in [0.2, 0.25) is 0 Å². The summed E-state index contributed by atoms with van der Waals surface area (Å²) < 4.78 is 4.90. The van der Waals surface area contributed by atoms with E-state index in [0.717, 1.165) is 32.5 Å². The van der Waals surface area contributed by atoms with E-state index in [0.29, 0.717) is 11.6 Å². The highest BCUT2D eigenvalue weighted by molar-refractivity contribution is 5.88. The standard InChI is InChI=1S/C14H22N4O2/c1-10(2)9-18-6-4-12(5-7-18)15-14(19)16-13-8-11(3)20-17-13/h8,12H,1,4-7,9H2,2-3H3,(H2,15,16,17,19). The van der Waals surface area contributed by atoms with Gasteiger partial charge in [-0.15, -0.1) is 0 Å². The first kappa shape index (κ1) is 14.6. The summed E-state index contributed by atoms with van der Waals surface area (Å²) >= 11 is 0. The van der Waals surface area contributed by atoms with Gasteiger partial charge in [-0.3, -0.25) is 10.2 Å². The highest BCUT2D eigenvalue weighted by Gasteiger charge is 2.20. The second-order valence-electron chi connectivity index (χ2n) is 5.43. The molecule has 110 valence electrons. The number of rotatable bonds is 4. The van der Waals surface area contributed by atoms with Gasteiger partial charge in [-0.05, 0) is 26.7 Å². The number of piperidine rings is 1. The molecule has 6 heteroatoms. The molecule has 2 heterocycles. The Morgan fingerprint density at radius 2 is 2.25 bits per heavy atom. The molecule has 0 spiro atoms. The summed E-state index contributed by atoms with van der Waals surface area (Å²) in [5, 5.41) is 9.37. The van der Waals surface area contributed by atoms with E-state index in [2.05, 4.69) is 27.3 Å². The van der Waals surface area contributed by atoms with Crippen LogP contribution in [0.1, 0.15) is 25.5 Å². The number of anilines is 1.